The molecule has 0 bridgehead atoms. The number of benzene rings is 3. The van der Waals surface area contributed by atoms with E-state index in [-0.39, 0.29) is 23.7 Å². The van der Waals surface area contributed by atoms with E-state index in [0.717, 1.165) is 54.4 Å². The van der Waals surface area contributed by atoms with Crippen molar-refractivity contribution in [2.75, 3.05) is 41.7 Å². The molecule has 10 nitrogen and oxygen atoms in total. The summed E-state index contributed by atoms with van der Waals surface area (Å²) in [6.45, 7) is 4.89. The molecule has 1 saturated heterocycles. The second-order valence-electron chi connectivity index (χ2n) is 10.6. The third-order valence-electron chi connectivity index (χ3n) is 7.51. The number of halogens is 3. The molecule has 13 heteroatoms. The number of aromatic amines is 1. The van der Waals surface area contributed by atoms with Gasteiger partial charge in [-0.3, -0.25) is 19.4 Å². The molecule has 226 valence electrons. The molecule has 1 aliphatic rings. The normalized spacial score (nSPS) is 13.7. The van der Waals surface area contributed by atoms with Crippen molar-refractivity contribution in [1.82, 2.24) is 25.3 Å². The van der Waals surface area contributed by atoms with Crippen LogP contribution < -0.4 is 20.9 Å². The van der Waals surface area contributed by atoms with Crippen molar-refractivity contribution in [1.29, 1.82) is 0 Å². The van der Waals surface area contributed by atoms with Gasteiger partial charge < -0.3 is 20.9 Å². The number of piperazine rings is 1. The van der Waals surface area contributed by atoms with Crippen LogP contribution in [0.1, 0.15) is 21.5 Å². The average Bonchev–Trinajstić information content (AvgIpc) is 3.64. The molecular formula is C31H29F3N8O2. The molecule has 4 N–H and O–H groups in total. The Morgan fingerprint density at radius 2 is 1.73 bits per heavy atom. The van der Waals surface area contributed by atoms with Gasteiger partial charge in [-0.1, -0.05) is 12.1 Å². The van der Waals surface area contributed by atoms with Gasteiger partial charge in [0, 0.05) is 60.3 Å². The number of anilines is 3. The molecule has 1 aliphatic heterocycles. The molecular weight excluding hydrogens is 573 g/mol. The van der Waals surface area contributed by atoms with Crippen LogP contribution in [0.5, 0.6) is 0 Å². The molecule has 0 saturated carbocycles. The molecule has 1 fully saturated rings. The molecule has 2 aromatic heterocycles. The maximum absolute atomic E-state index is 13.2. The smallest absolute Gasteiger partial charge is 0.369 e. The number of aryl methyl sites for hydroxylation is 1. The van der Waals surface area contributed by atoms with Crippen molar-refractivity contribution in [3.63, 3.8) is 0 Å². The number of fused-ring (bicyclic) bond motifs is 1. The molecule has 5 aromatic rings. The van der Waals surface area contributed by atoms with Gasteiger partial charge in [0.05, 0.1) is 17.3 Å². The predicted molar refractivity (Wildman–Crippen MR) is 162 cm³/mol. The Hall–Kier alpha value is -5.17. The SMILES string of the molecule is Cc1ccc(NC(=O)Cn2cc(-c3ccc4c(NC(=O)c5ccc(N6CCNCC6)cc5)n[nH]c4c3)cn2)cc1C(F)(F)F. The highest BCUT2D eigenvalue weighted by Gasteiger charge is 2.32. The molecule has 3 aromatic carbocycles. The number of aromatic nitrogens is 4. The Morgan fingerprint density at radius 3 is 2.48 bits per heavy atom. The maximum Gasteiger partial charge on any atom is 0.416 e. The third kappa shape index (κ3) is 6.27. The van der Waals surface area contributed by atoms with Crippen LogP contribution in [0, 0.1) is 6.92 Å². The fourth-order valence-corrected chi connectivity index (χ4v) is 5.17. The summed E-state index contributed by atoms with van der Waals surface area (Å²) >= 11 is 0. The third-order valence-corrected chi connectivity index (χ3v) is 7.51. The van der Waals surface area contributed by atoms with Crippen LogP contribution in [0.2, 0.25) is 0 Å². The van der Waals surface area contributed by atoms with E-state index in [1.807, 2.05) is 30.3 Å². The van der Waals surface area contributed by atoms with E-state index in [2.05, 4.69) is 36.1 Å². The number of nitrogens with one attached hydrogen (secondary N) is 4. The summed E-state index contributed by atoms with van der Waals surface area (Å²) in [6.07, 6.45) is -1.26. The van der Waals surface area contributed by atoms with Crippen LogP contribution in [0.25, 0.3) is 22.0 Å². The Kier molecular flexibility index (Phi) is 7.78. The topological polar surface area (TPSA) is 120 Å². The van der Waals surface area contributed by atoms with Gasteiger partial charge in [0.25, 0.3) is 5.91 Å². The van der Waals surface area contributed by atoms with E-state index in [4.69, 9.17) is 0 Å². The first-order chi connectivity index (χ1) is 21.1. The highest BCUT2D eigenvalue weighted by Crippen LogP contribution is 2.33. The van der Waals surface area contributed by atoms with Crippen LogP contribution in [-0.2, 0) is 17.5 Å². The van der Waals surface area contributed by atoms with Gasteiger partial charge in [0.1, 0.15) is 6.54 Å². The average molecular weight is 603 g/mol. The Balaban J connectivity index is 1.09. The zero-order valence-electron chi connectivity index (χ0n) is 23.7. The zero-order valence-corrected chi connectivity index (χ0v) is 23.7. The van der Waals surface area contributed by atoms with Crippen LogP contribution in [0.3, 0.4) is 0 Å². The van der Waals surface area contributed by atoms with Gasteiger partial charge in [-0.25, -0.2) is 0 Å². The number of hydrogen-bond donors (Lipinski definition) is 4. The standard InChI is InChI=1S/C31H29F3N8O2/c1-19-2-6-23(15-26(19)31(32,33)34)37-28(43)18-42-17-22(16-36-42)21-5-9-25-27(14-21)39-40-29(25)38-30(44)20-3-7-24(8-4-20)41-12-10-35-11-13-41/h2-9,14-17,35H,10-13,18H2,1H3,(H,37,43)(H2,38,39,40,44). The minimum Gasteiger partial charge on any atom is -0.369 e. The fourth-order valence-electron chi connectivity index (χ4n) is 5.17. The molecule has 0 atom stereocenters. The summed E-state index contributed by atoms with van der Waals surface area (Å²) in [7, 11) is 0. The van der Waals surface area contributed by atoms with Gasteiger partial charge in [-0.05, 0) is 66.6 Å². The molecule has 0 spiro atoms. The number of rotatable bonds is 7. The van der Waals surface area contributed by atoms with Gasteiger partial charge in [-0.15, -0.1) is 0 Å². The summed E-state index contributed by atoms with van der Waals surface area (Å²) in [5.74, 6) is -0.381. The monoisotopic (exact) mass is 602 g/mol. The number of carbonyl (C=O) groups is 2. The van der Waals surface area contributed by atoms with E-state index in [9.17, 15) is 22.8 Å². The first kappa shape index (κ1) is 28.9. The van der Waals surface area contributed by atoms with Crippen molar-refractivity contribution in [2.24, 2.45) is 0 Å². The number of alkyl halides is 3. The molecule has 44 heavy (non-hydrogen) atoms. The number of hydrogen-bond acceptors (Lipinski definition) is 6. The molecule has 0 radical (unpaired) electrons. The molecule has 0 aliphatic carbocycles. The van der Waals surface area contributed by atoms with Crippen LogP contribution in [0.4, 0.5) is 30.4 Å². The second-order valence-corrected chi connectivity index (χ2v) is 10.6. The minimum absolute atomic E-state index is 0.0557. The number of amides is 2. The lowest BCUT2D eigenvalue weighted by Gasteiger charge is -2.29. The highest BCUT2D eigenvalue weighted by atomic mass is 19.4. The molecule has 6 rings (SSSR count). The fraction of sp³-hybridized carbons (Fsp3) is 0.226. The number of nitrogens with zero attached hydrogens (tertiary/aromatic N) is 4. The van der Waals surface area contributed by atoms with Gasteiger partial charge in [-0.2, -0.15) is 23.4 Å². The summed E-state index contributed by atoms with van der Waals surface area (Å²) in [4.78, 5) is 27.7. The largest absolute Gasteiger partial charge is 0.416 e. The number of carbonyl (C=O) groups excluding carboxylic acids is 2. The molecule has 3 heterocycles. The Morgan fingerprint density at radius 1 is 0.955 bits per heavy atom. The van der Waals surface area contributed by atoms with Crippen molar-refractivity contribution < 1.29 is 22.8 Å². The van der Waals surface area contributed by atoms with Gasteiger partial charge in [0.15, 0.2) is 5.82 Å². The first-order valence-electron chi connectivity index (χ1n) is 14.0. The zero-order chi connectivity index (χ0) is 30.8. The lowest BCUT2D eigenvalue weighted by Crippen LogP contribution is -2.43. The molecule has 2 amide bonds. The van der Waals surface area contributed by atoms with E-state index < -0.39 is 17.6 Å². The van der Waals surface area contributed by atoms with E-state index >= 15 is 0 Å². The van der Waals surface area contributed by atoms with E-state index in [1.165, 1.54) is 23.7 Å². The quantitative estimate of drug-likeness (QED) is 0.207. The van der Waals surface area contributed by atoms with E-state index in [0.29, 0.717) is 16.9 Å². The lowest BCUT2D eigenvalue weighted by molar-refractivity contribution is -0.138. The minimum atomic E-state index is -4.51. The lowest BCUT2D eigenvalue weighted by atomic mass is 10.1. The van der Waals surface area contributed by atoms with E-state index in [1.54, 1.807) is 24.5 Å². The van der Waals surface area contributed by atoms with Crippen molar-refractivity contribution in [3.8, 4) is 11.1 Å². The summed E-state index contributed by atoms with van der Waals surface area (Å²) in [5, 5.41) is 20.9. The van der Waals surface area contributed by atoms with Crippen LogP contribution in [-0.4, -0.2) is 58.0 Å². The summed E-state index contributed by atoms with van der Waals surface area (Å²) in [5.41, 5.74) is 3.14. The molecule has 0 unspecified atom stereocenters. The first-order valence-corrected chi connectivity index (χ1v) is 14.0. The van der Waals surface area contributed by atoms with Crippen LogP contribution in [0.15, 0.2) is 73.1 Å². The second kappa shape index (κ2) is 11.8. The predicted octanol–water partition coefficient (Wildman–Crippen LogP) is 5.05. The Bertz CT molecular complexity index is 1820. The van der Waals surface area contributed by atoms with Gasteiger partial charge >= 0.3 is 6.18 Å². The van der Waals surface area contributed by atoms with Crippen molar-refractivity contribution in [3.05, 3.63) is 89.7 Å². The maximum atomic E-state index is 13.2. The van der Waals surface area contributed by atoms with Crippen LogP contribution >= 0.6 is 0 Å². The summed E-state index contributed by atoms with van der Waals surface area (Å²) < 4.78 is 41.0. The Labute approximate surface area is 250 Å². The highest BCUT2D eigenvalue weighted by molar-refractivity contribution is 6.08. The van der Waals surface area contributed by atoms with Crippen molar-refractivity contribution >= 4 is 39.9 Å². The number of H-pyrrole nitrogens is 1. The van der Waals surface area contributed by atoms with Gasteiger partial charge in [0.2, 0.25) is 5.91 Å². The summed E-state index contributed by atoms with van der Waals surface area (Å²) in [6, 6.07) is 16.7. The van der Waals surface area contributed by atoms with Crippen molar-refractivity contribution in [2.45, 2.75) is 19.6 Å².